The number of benzene rings is 2. The Bertz CT molecular complexity index is 1160. The minimum absolute atomic E-state index is 0.164. The van der Waals surface area contributed by atoms with Crippen molar-refractivity contribution in [1.29, 1.82) is 5.26 Å². The van der Waals surface area contributed by atoms with Gasteiger partial charge in [-0.05, 0) is 43.7 Å². The summed E-state index contributed by atoms with van der Waals surface area (Å²) in [6, 6.07) is 16.7. The monoisotopic (exact) mass is 401 g/mol. The zero-order chi connectivity index (χ0) is 21.8. The number of anilines is 1. The van der Waals surface area contributed by atoms with Crippen LogP contribution in [0, 0.1) is 18.3 Å². The normalized spacial score (nSPS) is 12.3. The largest absolute Gasteiger partial charge is 0.450 e. The fraction of sp³-hybridized carbons (Fsp3) is 0.208. The Morgan fingerprint density at radius 3 is 2.43 bits per heavy atom. The smallest absolute Gasteiger partial charge is 0.349 e. The van der Waals surface area contributed by atoms with E-state index in [1.54, 1.807) is 6.92 Å². The lowest BCUT2D eigenvalue weighted by molar-refractivity contribution is -0.141. The summed E-state index contributed by atoms with van der Waals surface area (Å²) < 4.78 is 5.33. The third kappa shape index (κ3) is 4.26. The second kappa shape index (κ2) is 8.66. The summed E-state index contributed by atoms with van der Waals surface area (Å²) in [5.74, 6) is -1.14. The minimum atomic E-state index is -1.02. The first-order valence-corrected chi connectivity index (χ1v) is 9.53. The summed E-state index contributed by atoms with van der Waals surface area (Å²) in [4.78, 5) is 30.6. The highest BCUT2D eigenvalue weighted by Crippen LogP contribution is 2.24. The van der Waals surface area contributed by atoms with Gasteiger partial charge in [-0.3, -0.25) is 4.79 Å². The minimum Gasteiger partial charge on any atom is -0.450 e. The fourth-order valence-corrected chi connectivity index (χ4v) is 3.25. The molecule has 0 radical (unpaired) electrons. The number of ketones is 1. The number of esters is 1. The topological polar surface area (TPSA) is 86.2 Å². The standard InChI is InChI=1S/C24H23N3O3/c1-15-22(20-7-5-6-8-21(20)26-15)23(28)16(2)30-24(29)18(14-25)13-17-9-11-19(12-10-17)27(3)4/h5-13,16,26H,1-4H3/b18-13+/t16-/m0/s1. The molecule has 6 heteroatoms. The molecule has 0 bridgehead atoms. The summed E-state index contributed by atoms with van der Waals surface area (Å²) in [5.41, 5.74) is 3.58. The molecular weight excluding hydrogens is 378 g/mol. The molecule has 1 aromatic heterocycles. The molecule has 1 heterocycles. The third-order valence-electron chi connectivity index (χ3n) is 4.85. The fourth-order valence-electron chi connectivity index (χ4n) is 3.25. The maximum absolute atomic E-state index is 12.9. The lowest BCUT2D eigenvalue weighted by atomic mass is 10.0. The molecule has 6 nitrogen and oxygen atoms in total. The van der Waals surface area contributed by atoms with Crippen molar-refractivity contribution in [2.45, 2.75) is 20.0 Å². The first-order chi connectivity index (χ1) is 14.3. The summed E-state index contributed by atoms with van der Waals surface area (Å²) in [5, 5.41) is 10.2. The highest BCUT2D eigenvalue weighted by Gasteiger charge is 2.25. The van der Waals surface area contributed by atoms with Gasteiger partial charge in [-0.1, -0.05) is 30.3 Å². The van der Waals surface area contributed by atoms with E-state index in [4.69, 9.17) is 4.74 Å². The van der Waals surface area contributed by atoms with Crippen LogP contribution < -0.4 is 4.90 Å². The SMILES string of the molecule is Cc1[nH]c2ccccc2c1C(=O)[C@H](C)OC(=O)/C(C#N)=C/c1ccc(N(C)C)cc1. The highest BCUT2D eigenvalue weighted by molar-refractivity contribution is 6.12. The number of fused-ring (bicyclic) bond motifs is 1. The van der Waals surface area contributed by atoms with Gasteiger partial charge in [0.2, 0.25) is 5.78 Å². The average Bonchev–Trinajstić information content (AvgIpc) is 3.07. The van der Waals surface area contributed by atoms with Gasteiger partial charge in [-0.15, -0.1) is 0 Å². The Labute approximate surface area is 175 Å². The van der Waals surface area contributed by atoms with Crippen molar-refractivity contribution in [2.24, 2.45) is 0 Å². The molecule has 0 unspecified atom stereocenters. The molecule has 0 amide bonds. The van der Waals surface area contributed by atoms with Gasteiger partial charge in [-0.25, -0.2) is 4.79 Å². The van der Waals surface area contributed by atoms with Gasteiger partial charge < -0.3 is 14.6 Å². The number of para-hydroxylation sites is 1. The molecular formula is C24H23N3O3. The number of hydrogen-bond acceptors (Lipinski definition) is 5. The van der Waals surface area contributed by atoms with Gasteiger partial charge in [0.25, 0.3) is 0 Å². The zero-order valence-electron chi connectivity index (χ0n) is 17.4. The van der Waals surface area contributed by atoms with E-state index in [9.17, 15) is 14.9 Å². The first-order valence-electron chi connectivity index (χ1n) is 9.53. The summed E-state index contributed by atoms with van der Waals surface area (Å²) in [6.45, 7) is 3.32. The Balaban J connectivity index is 1.78. The number of rotatable bonds is 6. The lowest BCUT2D eigenvalue weighted by Gasteiger charge is -2.13. The number of carbonyl (C=O) groups is 2. The van der Waals surface area contributed by atoms with Gasteiger partial charge in [0.15, 0.2) is 6.10 Å². The van der Waals surface area contributed by atoms with Crippen LogP contribution in [0.3, 0.4) is 0 Å². The number of nitrogens with one attached hydrogen (secondary N) is 1. The van der Waals surface area contributed by atoms with E-state index in [-0.39, 0.29) is 11.4 Å². The summed E-state index contributed by atoms with van der Waals surface area (Å²) >= 11 is 0. The van der Waals surface area contributed by atoms with Crippen LogP contribution in [-0.2, 0) is 9.53 Å². The second-order valence-electron chi connectivity index (χ2n) is 7.24. The number of nitriles is 1. The van der Waals surface area contributed by atoms with Crippen molar-refractivity contribution in [1.82, 2.24) is 4.98 Å². The first kappa shape index (κ1) is 20.9. The molecule has 0 saturated heterocycles. The number of H-pyrrole nitrogens is 1. The Kier molecular flexibility index (Phi) is 6.03. The molecule has 1 atom stereocenters. The van der Waals surface area contributed by atoms with Crippen molar-refractivity contribution in [3.8, 4) is 6.07 Å². The second-order valence-corrected chi connectivity index (χ2v) is 7.24. The number of carbonyl (C=O) groups excluding carboxylic acids is 2. The van der Waals surface area contributed by atoms with Gasteiger partial charge >= 0.3 is 5.97 Å². The van der Waals surface area contributed by atoms with Crippen LogP contribution in [-0.4, -0.2) is 36.9 Å². The number of Topliss-reactive ketones (excluding diaryl/α,β-unsaturated/α-hetero) is 1. The van der Waals surface area contributed by atoms with Crippen LogP contribution in [0.4, 0.5) is 5.69 Å². The van der Waals surface area contributed by atoms with E-state index in [0.717, 1.165) is 16.6 Å². The number of aromatic amines is 1. The number of hydrogen-bond donors (Lipinski definition) is 1. The lowest BCUT2D eigenvalue weighted by Crippen LogP contribution is -2.25. The van der Waals surface area contributed by atoms with E-state index in [1.165, 1.54) is 13.0 Å². The van der Waals surface area contributed by atoms with E-state index < -0.39 is 12.1 Å². The Morgan fingerprint density at radius 2 is 1.80 bits per heavy atom. The maximum atomic E-state index is 12.9. The van der Waals surface area contributed by atoms with E-state index >= 15 is 0 Å². The van der Waals surface area contributed by atoms with Crippen molar-refractivity contribution < 1.29 is 14.3 Å². The quantitative estimate of drug-likeness (QED) is 0.289. The van der Waals surface area contributed by atoms with Crippen molar-refractivity contribution in [3.05, 3.63) is 70.9 Å². The molecule has 0 spiro atoms. The summed E-state index contributed by atoms with van der Waals surface area (Å²) in [7, 11) is 3.85. The number of nitrogens with zero attached hydrogens (tertiary/aromatic N) is 2. The number of aromatic nitrogens is 1. The molecule has 3 aromatic rings. The van der Waals surface area contributed by atoms with E-state index in [0.29, 0.717) is 16.8 Å². The molecule has 0 saturated carbocycles. The predicted molar refractivity (Wildman–Crippen MR) is 117 cm³/mol. The molecule has 0 fully saturated rings. The Hall–Kier alpha value is -3.85. The van der Waals surface area contributed by atoms with Crippen LogP contribution in [0.5, 0.6) is 0 Å². The van der Waals surface area contributed by atoms with Crippen LogP contribution >= 0.6 is 0 Å². The molecule has 1 N–H and O–H groups in total. The van der Waals surface area contributed by atoms with Crippen LogP contribution in [0.2, 0.25) is 0 Å². The molecule has 30 heavy (non-hydrogen) atoms. The van der Waals surface area contributed by atoms with E-state index in [2.05, 4.69) is 4.98 Å². The van der Waals surface area contributed by atoms with E-state index in [1.807, 2.05) is 73.6 Å². The van der Waals surface area contributed by atoms with Gasteiger partial charge in [0.1, 0.15) is 11.6 Å². The highest BCUT2D eigenvalue weighted by atomic mass is 16.5. The number of aryl methyl sites for hydroxylation is 1. The number of ether oxygens (including phenoxy) is 1. The average molecular weight is 401 g/mol. The molecule has 0 aliphatic heterocycles. The van der Waals surface area contributed by atoms with Crippen LogP contribution in [0.15, 0.2) is 54.1 Å². The van der Waals surface area contributed by atoms with Gasteiger partial charge in [0.05, 0.1) is 0 Å². The van der Waals surface area contributed by atoms with Crippen LogP contribution in [0.1, 0.15) is 28.5 Å². The van der Waals surface area contributed by atoms with Crippen molar-refractivity contribution in [3.63, 3.8) is 0 Å². The van der Waals surface area contributed by atoms with Gasteiger partial charge in [-0.2, -0.15) is 5.26 Å². The Morgan fingerprint density at radius 1 is 1.13 bits per heavy atom. The molecule has 0 aliphatic carbocycles. The zero-order valence-corrected chi connectivity index (χ0v) is 17.4. The molecule has 3 rings (SSSR count). The molecule has 0 aliphatic rings. The van der Waals surface area contributed by atoms with Crippen molar-refractivity contribution in [2.75, 3.05) is 19.0 Å². The van der Waals surface area contributed by atoms with Crippen LogP contribution in [0.25, 0.3) is 17.0 Å². The maximum Gasteiger partial charge on any atom is 0.349 e. The predicted octanol–water partition coefficient (Wildman–Crippen LogP) is 4.26. The third-order valence-corrected chi connectivity index (χ3v) is 4.85. The molecule has 152 valence electrons. The summed E-state index contributed by atoms with van der Waals surface area (Å²) in [6.07, 6.45) is 0.430. The van der Waals surface area contributed by atoms with Crippen molar-refractivity contribution >= 4 is 34.4 Å². The van der Waals surface area contributed by atoms with Gasteiger partial charge in [0, 0.05) is 41.9 Å². The molecule has 2 aromatic carbocycles.